The van der Waals surface area contributed by atoms with E-state index in [1.807, 2.05) is 59.5 Å². The van der Waals surface area contributed by atoms with Gasteiger partial charge in [-0.1, -0.05) is 41.9 Å². The molecule has 0 aliphatic heterocycles. The molecule has 0 aromatic heterocycles. The van der Waals surface area contributed by atoms with E-state index in [2.05, 4.69) is 5.32 Å². The zero-order valence-corrected chi connectivity index (χ0v) is 13.7. The van der Waals surface area contributed by atoms with Crippen molar-refractivity contribution in [1.29, 1.82) is 0 Å². The lowest BCUT2D eigenvalue weighted by molar-refractivity contribution is -0.116. The van der Waals surface area contributed by atoms with E-state index in [9.17, 15) is 9.90 Å². The van der Waals surface area contributed by atoms with Crippen LogP contribution >= 0.6 is 11.6 Å². The van der Waals surface area contributed by atoms with Crippen LogP contribution in [0.5, 0.6) is 0 Å². The summed E-state index contributed by atoms with van der Waals surface area (Å²) >= 11 is 5.99. The van der Waals surface area contributed by atoms with E-state index in [0.29, 0.717) is 31.1 Å². The van der Waals surface area contributed by atoms with Crippen LogP contribution in [0.25, 0.3) is 0 Å². The molecule has 0 fully saturated rings. The van der Waals surface area contributed by atoms with Crippen molar-refractivity contribution < 1.29 is 9.90 Å². The molecule has 122 valence electrons. The van der Waals surface area contributed by atoms with Gasteiger partial charge in [-0.25, -0.2) is 0 Å². The van der Waals surface area contributed by atoms with Gasteiger partial charge in [-0.2, -0.15) is 0 Å². The van der Waals surface area contributed by atoms with Gasteiger partial charge in [-0.3, -0.25) is 9.69 Å². The predicted octanol–water partition coefficient (Wildman–Crippen LogP) is 3.16. The monoisotopic (exact) mass is 332 g/mol. The van der Waals surface area contributed by atoms with Crippen molar-refractivity contribution in [2.45, 2.75) is 13.0 Å². The van der Waals surface area contributed by atoms with Crippen LogP contribution in [0.1, 0.15) is 12.0 Å². The summed E-state index contributed by atoms with van der Waals surface area (Å²) in [5, 5.41) is 12.8. The number of nitrogens with one attached hydrogen (secondary N) is 1. The predicted molar refractivity (Wildman–Crippen MR) is 93.5 cm³/mol. The molecule has 0 atom stereocenters. The summed E-state index contributed by atoms with van der Waals surface area (Å²) in [4.78, 5) is 14.0. The third-order valence-corrected chi connectivity index (χ3v) is 3.66. The molecule has 0 unspecified atom stereocenters. The van der Waals surface area contributed by atoms with Crippen molar-refractivity contribution in [3.8, 4) is 0 Å². The Morgan fingerprint density at radius 3 is 2.57 bits per heavy atom. The summed E-state index contributed by atoms with van der Waals surface area (Å²) in [6, 6.07) is 17.0. The molecule has 0 saturated carbocycles. The molecule has 1 amide bonds. The number of halogens is 1. The molecule has 5 heteroatoms. The molecule has 4 nitrogen and oxygen atoms in total. The topological polar surface area (TPSA) is 52.6 Å². The van der Waals surface area contributed by atoms with Gasteiger partial charge in [0, 0.05) is 36.8 Å². The molecule has 0 saturated heterocycles. The van der Waals surface area contributed by atoms with Crippen molar-refractivity contribution in [3.05, 3.63) is 65.2 Å². The van der Waals surface area contributed by atoms with E-state index in [-0.39, 0.29) is 12.5 Å². The molecule has 0 aliphatic rings. The third kappa shape index (κ3) is 6.40. The van der Waals surface area contributed by atoms with Crippen LogP contribution in [-0.2, 0) is 11.3 Å². The summed E-state index contributed by atoms with van der Waals surface area (Å²) in [5.74, 6) is -0.0368. The maximum Gasteiger partial charge on any atom is 0.225 e. The average Bonchev–Trinajstić information content (AvgIpc) is 2.54. The summed E-state index contributed by atoms with van der Waals surface area (Å²) in [6.45, 7) is 1.80. The van der Waals surface area contributed by atoms with Crippen LogP contribution in [0.4, 0.5) is 5.69 Å². The number of aliphatic hydroxyl groups excluding tert-OH is 1. The van der Waals surface area contributed by atoms with E-state index >= 15 is 0 Å². The van der Waals surface area contributed by atoms with E-state index in [0.717, 1.165) is 11.3 Å². The Morgan fingerprint density at radius 2 is 1.87 bits per heavy atom. The highest BCUT2D eigenvalue weighted by molar-refractivity contribution is 6.30. The van der Waals surface area contributed by atoms with Crippen LogP contribution in [0, 0.1) is 0 Å². The largest absolute Gasteiger partial charge is 0.395 e. The molecule has 2 N–H and O–H groups in total. The lowest BCUT2D eigenvalue weighted by Crippen LogP contribution is -2.30. The molecule has 0 bridgehead atoms. The second kappa shape index (κ2) is 9.30. The van der Waals surface area contributed by atoms with Gasteiger partial charge in [0.05, 0.1) is 6.61 Å². The average molecular weight is 333 g/mol. The van der Waals surface area contributed by atoms with Crippen molar-refractivity contribution >= 4 is 23.2 Å². The second-order valence-electron chi connectivity index (χ2n) is 5.29. The summed E-state index contributed by atoms with van der Waals surface area (Å²) in [5.41, 5.74) is 1.86. The van der Waals surface area contributed by atoms with Gasteiger partial charge in [0.15, 0.2) is 0 Å². The Kier molecular flexibility index (Phi) is 7.07. The fourth-order valence-electron chi connectivity index (χ4n) is 2.31. The smallest absolute Gasteiger partial charge is 0.225 e. The van der Waals surface area contributed by atoms with E-state index < -0.39 is 0 Å². The Labute approximate surface area is 141 Å². The van der Waals surface area contributed by atoms with Gasteiger partial charge in [-0.15, -0.1) is 0 Å². The quantitative estimate of drug-likeness (QED) is 0.780. The van der Waals surface area contributed by atoms with Gasteiger partial charge in [0.2, 0.25) is 5.91 Å². The Morgan fingerprint density at radius 1 is 1.09 bits per heavy atom. The number of carbonyl (C=O) groups excluding carboxylic acids is 1. The molecule has 23 heavy (non-hydrogen) atoms. The van der Waals surface area contributed by atoms with Crippen molar-refractivity contribution in [3.63, 3.8) is 0 Å². The highest BCUT2D eigenvalue weighted by atomic mass is 35.5. The van der Waals surface area contributed by atoms with Crippen LogP contribution < -0.4 is 5.32 Å². The number of amides is 1. The van der Waals surface area contributed by atoms with Crippen LogP contribution in [0.15, 0.2) is 54.6 Å². The van der Waals surface area contributed by atoms with E-state index in [1.54, 1.807) is 0 Å². The minimum Gasteiger partial charge on any atom is -0.395 e. The first-order valence-corrected chi connectivity index (χ1v) is 7.98. The number of aliphatic hydroxyl groups is 1. The highest BCUT2D eigenvalue weighted by Gasteiger charge is 2.09. The molecule has 0 heterocycles. The number of rotatable bonds is 8. The standard InChI is InChI=1S/C18H21ClN2O2/c19-16-6-4-5-15(13-16)14-21(11-12-22)10-9-18(23)20-17-7-2-1-3-8-17/h1-8,13,22H,9-12,14H2,(H,20,23). The lowest BCUT2D eigenvalue weighted by Gasteiger charge is -2.21. The molecule has 0 aliphatic carbocycles. The number of carbonyl (C=O) groups is 1. The van der Waals surface area contributed by atoms with Crippen molar-refractivity contribution in [2.24, 2.45) is 0 Å². The second-order valence-corrected chi connectivity index (χ2v) is 5.73. The van der Waals surface area contributed by atoms with Crippen molar-refractivity contribution in [2.75, 3.05) is 25.0 Å². The Hall–Kier alpha value is -1.88. The van der Waals surface area contributed by atoms with E-state index in [1.165, 1.54) is 0 Å². The number of hydrogen-bond donors (Lipinski definition) is 2. The maximum atomic E-state index is 12.0. The molecule has 0 spiro atoms. The molecule has 2 aromatic rings. The van der Waals surface area contributed by atoms with Gasteiger partial charge in [-0.05, 0) is 29.8 Å². The van der Waals surface area contributed by atoms with E-state index in [4.69, 9.17) is 11.6 Å². The first-order chi connectivity index (χ1) is 11.2. The summed E-state index contributed by atoms with van der Waals surface area (Å²) in [7, 11) is 0. The SMILES string of the molecule is O=C(CCN(CCO)Cc1cccc(Cl)c1)Nc1ccccc1. The van der Waals surface area contributed by atoms with Crippen LogP contribution in [0.3, 0.4) is 0 Å². The molecule has 2 aromatic carbocycles. The molecule has 0 radical (unpaired) electrons. The van der Waals surface area contributed by atoms with Gasteiger partial charge >= 0.3 is 0 Å². The molecule has 2 rings (SSSR count). The van der Waals surface area contributed by atoms with Crippen LogP contribution in [0.2, 0.25) is 5.02 Å². The number of anilines is 1. The van der Waals surface area contributed by atoms with Gasteiger partial charge < -0.3 is 10.4 Å². The number of nitrogens with zero attached hydrogens (tertiary/aromatic N) is 1. The fraction of sp³-hybridized carbons (Fsp3) is 0.278. The minimum atomic E-state index is -0.0368. The number of para-hydroxylation sites is 1. The van der Waals surface area contributed by atoms with Gasteiger partial charge in [0.1, 0.15) is 0 Å². The highest BCUT2D eigenvalue weighted by Crippen LogP contribution is 2.13. The Bertz CT molecular complexity index is 619. The first kappa shape index (κ1) is 17.5. The normalized spacial score (nSPS) is 10.7. The summed E-state index contributed by atoms with van der Waals surface area (Å²) in [6.07, 6.45) is 0.370. The third-order valence-electron chi connectivity index (χ3n) is 3.42. The zero-order valence-electron chi connectivity index (χ0n) is 12.9. The Balaban J connectivity index is 1.85. The zero-order chi connectivity index (χ0) is 16.5. The summed E-state index contributed by atoms with van der Waals surface area (Å²) < 4.78 is 0. The minimum absolute atomic E-state index is 0.0368. The maximum absolute atomic E-state index is 12.0. The first-order valence-electron chi connectivity index (χ1n) is 7.60. The molecular weight excluding hydrogens is 312 g/mol. The van der Waals surface area contributed by atoms with Crippen molar-refractivity contribution in [1.82, 2.24) is 4.90 Å². The lowest BCUT2D eigenvalue weighted by atomic mass is 10.2. The number of benzene rings is 2. The molecular formula is C18H21ClN2O2. The number of hydrogen-bond acceptors (Lipinski definition) is 3. The van der Waals surface area contributed by atoms with Crippen LogP contribution in [-0.4, -0.2) is 35.6 Å². The fourth-order valence-corrected chi connectivity index (χ4v) is 2.52. The van der Waals surface area contributed by atoms with Gasteiger partial charge in [0.25, 0.3) is 0 Å².